The van der Waals surface area contributed by atoms with Gasteiger partial charge in [0, 0.05) is 23.6 Å². The Balaban J connectivity index is 1.47. The maximum atomic E-state index is 13.8. The molecule has 1 aliphatic heterocycles. The molecule has 0 spiro atoms. The molecule has 220 valence electrons. The summed E-state index contributed by atoms with van der Waals surface area (Å²) in [6.07, 6.45) is 3.93. The molecule has 9 nitrogen and oxygen atoms in total. The van der Waals surface area contributed by atoms with Crippen LogP contribution in [-0.2, 0) is 14.1 Å². The van der Waals surface area contributed by atoms with Gasteiger partial charge in [0.05, 0.1) is 17.6 Å². The lowest BCUT2D eigenvalue weighted by Gasteiger charge is -2.64. The second kappa shape index (κ2) is 12.4. The molecule has 3 saturated carbocycles. The van der Waals surface area contributed by atoms with E-state index in [1.807, 2.05) is 0 Å². The minimum absolute atomic E-state index is 0.0329. The Morgan fingerprint density at radius 1 is 1.18 bits per heavy atom. The number of carbonyl (C=O) groups excluding carboxylic acids is 2. The Labute approximate surface area is 247 Å². The monoisotopic (exact) mass is 617 g/mol. The second-order valence-electron chi connectivity index (χ2n) is 12.8. The highest BCUT2D eigenvalue weighted by Gasteiger charge is 2.68. The molecule has 0 radical (unpaired) electrons. The molecule has 11 heteroatoms. The number of guanidine groups is 1. The fraction of sp³-hybridized carbons (Fsp3) is 0.690. The first-order valence-corrected chi connectivity index (χ1v) is 15.3. The molecule has 1 heterocycles. The average Bonchev–Trinajstić information content (AvgIpc) is 3.26. The Morgan fingerprint density at radius 2 is 1.88 bits per heavy atom. The van der Waals surface area contributed by atoms with E-state index in [9.17, 15) is 9.59 Å². The molecule has 5 N–H and O–H groups in total. The fourth-order valence-electron chi connectivity index (χ4n) is 6.81. The van der Waals surface area contributed by atoms with Crippen molar-refractivity contribution in [2.45, 2.75) is 90.4 Å². The summed E-state index contributed by atoms with van der Waals surface area (Å²) in [6.45, 7) is 11.6. The molecular formula is C29H45BBrN5O4. The lowest BCUT2D eigenvalue weighted by Crippen LogP contribution is -2.65. The van der Waals surface area contributed by atoms with Crippen molar-refractivity contribution < 1.29 is 18.9 Å². The molecule has 40 heavy (non-hydrogen) atoms. The van der Waals surface area contributed by atoms with Gasteiger partial charge >= 0.3 is 7.12 Å². The smallest absolute Gasteiger partial charge is 0.404 e. The van der Waals surface area contributed by atoms with Crippen molar-refractivity contribution >= 4 is 40.8 Å². The fourth-order valence-corrected chi connectivity index (χ4v) is 7.08. The molecule has 0 unspecified atom stereocenters. The van der Waals surface area contributed by atoms with Gasteiger partial charge in [0.15, 0.2) is 5.96 Å². The molecule has 1 aromatic rings. The van der Waals surface area contributed by atoms with Crippen LogP contribution in [-0.4, -0.2) is 62.2 Å². The molecule has 1 aromatic carbocycles. The van der Waals surface area contributed by atoms with Crippen molar-refractivity contribution in [3.05, 3.63) is 34.3 Å². The number of aliphatic imine (C=N–C) groups is 1. The van der Waals surface area contributed by atoms with Crippen LogP contribution in [0.4, 0.5) is 0 Å². The maximum absolute atomic E-state index is 13.8. The van der Waals surface area contributed by atoms with Gasteiger partial charge in [-0.05, 0) is 86.5 Å². The normalized spacial score (nSPS) is 28.4. The van der Waals surface area contributed by atoms with Crippen LogP contribution in [0.1, 0.15) is 77.1 Å². The van der Waals surface area contributed by atoms with Crippen LogP contribution in [0.15, 0.2) is 33.7 Å². The number of rotatable bonds is 11. The third-order valence-corrected chi connectivity index (χ3v) is 9.82. The first kappa shape index (κ1) is 30.8. The van der Waals surface area contributed by atoms with Crippen LogP contribution in [0.2, 0.25) is 0 Å². The highest BCUT2D eigenvalue weighted by Crippen LogP contribution is 2.65. The quantitative estimate of drug-likeness (QED) is 0.130. The van der Waals surface area contributed by atoms with Crippen molar-refractivity contribution in [2.75, 3.05) is 13.6 Å². The van der Waals surface area contributed by atoms with E-state index < -0.39 is 13.2 Å². The van der Waals surface area contributed by atoms with Crippen molar-refractivity contribution in [1.82, 2.24) is 16.0 Å². The van der Waals surface area contributed by atoms with Crippen molar-refractivity contribution in [2.24, 2.45) is 33.9 Å². The SMILES string of the molecule is CN=C(N)NCCC[C@H](NC(=O)c1ccc(Br)cc1)C(=O)N[C@@H](CC(C)C)B1O[C@@H]2C[C@@H]3C[C@@H](C3(C)C)[C@]2(C)O1. The summed E-state index contributed by atoms with van der Waals surface area (Å²) in [7, 11) is 1.08. The van der Waals surface area contributed by atoms with E-state index in [2.05, 4.69) is 71.5 Å². The predicted octanol–water partition coefficient (Wildman–Crippen LogP) is 3.66. The van der Waals surface area contributed by atoms with Crippen LogP contribution >= 0.6 is 15.9 Å². The first-order chi connectivity index (χ1) is 18.8. The highest BCUT2D eigenvalue weighted by molar-refractivity contribution is 9.10. The molecule has 4 fully saturated rings. The highest BCUT2D eigenvalue weighted by atomic mass is 79.9. The van der Waals surface area contributed by atoms with Gasteiger partial charge in [0.25, 0.3) is 5.91 Å². The van der Waals surface area contributed by atoms with E-state index in [1.54, 1.807) is 31.3 Å². The van der Waals surface area contributed by atoms with Crippen molar-refractivity contribution in [3.63, 3.8) is 0 Å². The molecule has 2 amide bonds. The Kier molecular flexibility index (Phi) is 9.57. The second-order valence-corrected chi connectivity index (χ2v) is 13.7. The van der Waals surface area contributed by atoms with Crippen LogP contribution in [0.25, 0.3) is 0 Å². The summed E-state index contributed by atoms with van der Waals surface area (Å²) in [4.78, 5) is 30.7. The third-order valence-electron chi connectivity index (χ3n) is 9.30. The molecule has 2 bridgehead atoms. The lowest BCUT2D eigenvalue weighted by molar-refractivity contribution is -0.199. The van der Waals surface area contributed by atoms with Crippen molar-refractivity contribution in [1.29, 1.82) is 0 Å². The zero-order valence-corrected chi connectivity index (χ0v) is 26.2. The van der Waals surface area contributed by atoms with Crippen LogP contribution in [0, 0.1) is 23.2 Å². The molecule has 3 aliphatic carbocycles. The zero-order chi connectivity index (χ0) is 29.2. The van der Waals surface area contributed by atoms with Gasteiger partial charge in [0.2, 0.25) is 5.91 Å². The van der Waals surface area contributed by atoms with E-state index >= 15 is 0 Å². The number of hydrogen-bond donors (Lipinski definition) is 4. The summed E-state index contributed by atoms with van der Waals surface area (Å²) < 4.78 is 14.1. The van der Waals surface area contributed by atoms with Gasteiger partial charge in [-0.25, -0.2) is 0 Å². The summed E-state index contributed by atoms with van der Waals surface area (Å²) in [5.41, 5.74) is 6.12. The number of halogens is 1. The first-order valence-electron chi connectivity index (χ1n) is 14.5. The van der Waals surface area contributed by atoms with Gasteiger partial charge < -0.3 is 31.0 Å². The maximum Gasteiger partial charge on any atom is 0.481 e. The van der Waals surface area contributed by atoms with E-state index in [0.717, 1.165) is 10.9 Å². The molecule has 1 saturated heterocycles. The van der Waals surface area contributed by atoms with Crippen molar-refractivity contribution in [3.8, 4) is 0 Å². The Morgan fingerprint density at radius 3 is 2.50 bits per heavy atom. The average molecular weight is 618 g/mol. The summed E-state index contributed by atoms with van der Waals surface area (Å²) in [6, 6.07) is 6.33. The number of nitrogens with one attached hydrogen (secondary N) is 3. The topological polar surface area (TPSA) is 127 Å². The summed E-state index contributed by atoms with van der Waals surface area (Å²) in [5.74, 6) is 0.860. The van der Waals surface area contributed by atoms with E-state index in [4.69, 9.17) is 15.0 Å². The third kappa shape index (κ3) is 6.52. The molecule has 6 atom stereocenters. The number of nitrogens with two attached hydrogens (primary N) is 1. The summed E-state index contributed by atoms with van der Waals surface area (Å²) >= 11 is 3.40. The van der Waals surface area contributed by atoms with E-state index in [-0.39, 0.29) is 34.9 Å². The number of carbonyl (C=O) groups is 2. The molecule has 5 rings (SSSR count). The lowest BCUT2D eigenvalue weighted by atomic mass is 9.43. The number of amides is 2. The minimum atomic E-state index is -0.738. The molecule has 4 aliphatic rings. The summed E-state index contributed by atoms with van der Waals surface area (Å²) in [5, 5.41) is 9.18. The van der Waals surface area contributed by atoms with E-state index in [0.29, 0.717) is 55.1 Å². The standard InChI is InChI=1S/C29H45BBrN5O4/c1-17(2)14-24(30-39-23-16-19-15-22(28(19,3)4)29(23,5)40-30)36-26(38)21(8-7-13-34-27(32)33-6)35-25(37)18-9-11-20(31)12-10-18/h9-12,17,19,21-24H,7-8,13-16H2,1-6H3,(H,35,37)(H,36,38)(H3,32,33,34)/t19-,21-,22-,23+,24-,29-/m0/s1. The predicted molar refractivity (Wildman–Crippen MR) is 162 cm³/mol. The minimum Gasteiger partial charge on any atom is -0.404 e. The largest absolute Gasteiger partial charge is 0.481 e. The molecule has 0 aromatic heterocycles. The number of hydrogen-bond acceptors (Lipinski definition) is 5. The number of benzene rings is 1. The van der Waals surface area contributed by atoms with Gasteiger partial charge in [0.1, 0.15) is 6.04 Å². The number of nitrogens with zero attached hydrogens (tertiary/aromatic N) is 1. The zero-order valence-electron chi connectivity index (χ0n) is 24.6. The van der Waals surface area contributed by atoms with Gasteiger partial charge in [-0.3, -0.25) is 14.6 Å². The Bertz CT molecular complexity index is 1100. The van der Waals surface area contributed by atoms with Gasteiger partial charge in [-0.15, -0.1) is 0 Å². The van der Waals surface area contributed by atoms with Crippen LogP contribution < -0.4 is 21.7 Å². The Hall–Kier alpha value is -2.11. The van der Waals surface area contributed by atoms with Gasteiger partial charge in [-0.1, -0.05) is 43.6 Å². The van der Waals surface area contributed by atoms with Crippen LogP contribution in [0.3, 0.4) is 0 Å². The van der Waals surface area contributed by atoms with E-state index in [1.165, 1.54) is 6.42 Å². The molecular weight excluding hydrogens is 573 g/mol. The van der Waals surface area contributed by atoms with Crippen LogP contribution in [0.5, 0.6) is 0 Å². The van der Waals surface area contributed by atoms with Gasteiger partial charge in [-0.2, -0.15) is 0 Å².